The van der Waals surface area contributed by atoms with Crippen molar-refractivity contribution in [3.05, 3.63) is 24.7 Å². The van der Waals surface area contributed by atoms with Crippen molar-refractivity contribution >= 4 is 44.4 Å². The van der Waals surface area contributed by atoms with Crippen LogP contribution in [-0.4, -0.2) is 115 Å². The van der Waals surface area contributed by atoms with Gasteiger partial charge < -0.3 is 56.3 Å². The van der Waals surface area contributed by atoms with Crippen molar-refractivity contribution in [3.8, 4) is 0 Å². The standard InChI is InChI=1S/C20H28N10O13P2/c21-15-10-17(25-4-24-15)30(6-27-10)19-14(12(32)9(42-19)2-39-44(34,35)36)43-45(37,38)40-3-8-11(31)13(33)18(41-8)29-5-26-7-1-23-20(22)28-16(7)29/h4-6,8-9,11-14,18-19,31-33H,1-3H2,(H,37,38)(H2,21,24,25)(H3,22,23,28)(H2,34,35,36)/t8-,9-,11+,12+,13?,14?,18-,19-/m1/s1. The van der Waals surface area contributed by atoms with Crippen LogP contribution in [0.15, 0.2) is 24.0 Å². The number of nitrogens with two attached hydrogens (primary N) is 2. The summed E-state index contributed by atoms with van der Waals surface area (Å²) in [5.41, 5.74) is 12.2. The summed E-state index contributed by atoms with van der Waals surface area (Å²) in [5.74, 6) is 0.461. The van der Waals surface area contributed by atoms with Gasteiger partial charge in [-0.1, -0.05) is 0 Å². The summed E-state index contributed by atoms with van der Waals surface area (Å²) in [6, 6.07) is 0. The Morgan fingerprint density at radius 2 is 1.60 bits per heavy atom. The molecule has 3 aliphatic heterocycles. The molecule has 0 bridgehead atoms. The minimum atomic E-state index is -5.13. The Labute approximate surface area is 251 Å². The number of phosphoric ester groups is 2. The van der Waals surface area contributed by atoms with Crippen LogP contribution in [0.2, 0.25) is 0 Å². The minimum absolute atomic E-state index is 0.00786. The maximum Gasteiger partial charge on any atom is 0.472 e. The number of guanidine groups is 1. The van der Waals surface area contributed by atoms with Crippen molar-refractivity contribution in [2.45, 2.75) is 55.6 Å². The molecule has 2 saturated heterocycles. The van der Waals surface area contributed by atoms with E-state index >= 15 is 0 Å². The van der Waals surface area contributed by atoms with Crippen LogP contribution in [0, 0.1) is 0 Å². The van der Waals surface area contributed by atoms with Crippen LogP contribution in [0.5, 0.6) is 0 Å². The van der Waals surface area contributed by atoms with Crippen LogP contribution in [-0.2, 0) is 38.7 Å². The molecule has 0 saturated carbocycles. The van der Waals surface area contributed by atoms with Gasteiger partial charge in [0.15, 0.2) is 29.9 Å². The van der Waals surface area contributed by atoms with Crippen molar-refractivity contribution in [2.24, 2.45) is 10.7 Å². The van der Waals surface area contributed by atoms with E-state index in [1.165, 1.54) is 21.8 Å². The molecule has 23 nitrogen and oxygen atoms in total. The molecule has 0 spiro atoms. The zero-order chi connectivity index (χ0) is 32.3. The lowest BCUT2D eigenvalue weighted by atomic mass is 10.1. The molecule has 0 aromatic carbocycles. The fourth-order valence-corrected chi connectivity index (χ4v) is 6.31. The number of fused-ring (bicyclic) bond motifs is 2. The molecule has 6 heterocycles. The Morgan fingerprint density at radius 3 is 2.36 bits per heavy atom. The molecule has 0 amide bonds. The van der Waals surface area contributed by atoms with E-state index in [0.717, 1.165) is 6.33 Å². The lowest BCUT2D eigenvalue weighted by Crippen LogP contribution is -2.36. The van der Waals surface area contributed by atoms with E-state index in [4.69, 9.17) is 39.8 Å². The molecule has 3 aliphatic rings. The van der Waals surface area contributed by atoms with Gasteiger partial charge in [0.2, 0.25) is 0 Å². The number of aromatic nitrogens is 6. The van der Waals surface area contributed by atoms with Gasteiger partial charge in [0.25, 0.3) is 0 Å². The topological polar surface area (TPSA) is 340 Å². The molecule has 2 fully saturated rings. The Morgan fingerprint density at radius 1 is 0.911 bits per heavy atom. The van der Waals surface area contributed by atoms with Crippen LogP contribution in [0.1, 0.15) is 18.1 Å². The number of nitrogens with zero attached hydrogens (tertiary/aromatic N) is 7. The molecule has 6 rings (SSSR count). The highest BCUT2D eigenvalue weighted by molar-refractivity contribution is 7.47. The summed E-state index contributed by atoms with van der Waals surface area (Å²) < 4.78 is 53.2. The van der Waals surface area contributed by atoms with Gasteiger partial charge in [0.1, 0.15) is 60.0 Å². The predicted octanol–water partition coefficient (Wildman–Crippen LogP) is -2.97. The Bertz CT molecular complexity index is 1700. The number of anilines is 2. The first-order valence-corrected chi connectivity index (χ1v) is 16.0. The molecular formula is C20H28N10O13P2. The monoisotopic (exact) mass is 678 g/mol. The molecule has 0 radical (unpaired) electrons. The normalized spacial score (nSPS) is 31.5. The highest BCUT2D eigenvalue weighted by Gasteiger charge is 2.51. The largest absolute Gasteiger partial charge is 0.472 e. The van der Waals surface area contributed by atoms with Crippen LogP contribution < -0.4 is 16.8 Å². The number of ether oxygens (including phenoxy) is 2. The van der Waals surface area contributed by atoms with E-state index < -0.39 is 77.9 Å². The highest BCUT2D eigenvalue weighted by atomic mass is 31.2. The first-order valence-electron chi connectivity index (χ1n) is 13.0. The van der Waals surface area contributed by atoms with Crippen molar-refractivity contribution in [3.63, 3.8) is 0 Å². The van der Waals surface area contributed by atoms with Gasteiger partial charge in [0.05, 0.1) is 32.4 Å². The molecule has 3 aromatic rings. The molecule has 3 aromatic heterocycles. The Balaban J connectivity index is 1.17. The Hall–Kier alpha value is -3.15. The van der Waals surface area contributed by atoms with Crippen molar-refractivity contribution in [1.29, 1.82) is 0 Å². The summed E-state index contributed by atoms with van der Waals surface area (Å²) >= 11 is 0. The minimum Gasteiger partial charge on any atom is -0.387 e. The number of aliphatic hydroxyl groups is 3. The number of hydrogen-bond acceptors (Lipinski definition) is 18. The number of nitrogen functional groups attached to an aromatic ring is 1. The molecule has 45 heavy (non-hydrogen) atoms. The smallest absolute Gasteiger partial charge is 0.387 e. The van der Waals surface area contributed by atoms with E-state index in [0.29, 0.717) is 11.5 Å². The summed E-state index contributed by atoms with van der Waals surface area (Å²) in [6.07, 6.45) is -8.52. The fourth-order valence-electron chi connectivity index (χ4n) is 5.03. The maximum atomic E-state index is 13.1. The number of hydrogen-bond donors (Lipinski definition) is 9. The van der Waals surface area contributed by atoms with Gasteiger partial charge in [-0.05, 0) is 0 Å². The zero-order valence-electron chi connectivity index (χ0n) is 22.7. The number of rotatable bonds is 10. The zero-order valence-corrected chi connectivity index (χ0v) is 24.5. The van der Waals surface area contributed by atoms with Crippen LogP contribution >= 0.6 is 15.6 Å². The molecule has 11 N–H and O–H groups in total. The number of imidazole rings is 2. The number of nitrogens with one attached hydrogen (secondary N) is 1. The Kier molecular flexibility index (Phi) is 8.41. The molecule has 0 aliphatic carbocycles. The third-order valence-electron chi connectivity index (χ3n) is 7.16. The molecule has 25 heteroatoms. The SMILES string of the molecule is NC1=NCc2ncn([C@@H]3O[C@H](COP(=O)(O)OC4[C@@H](O)[C@@H](COP(=O)(O)O)O[C@H]4n4cnc5c(N)ncnc54)[C@H](O)C3O)c2N1. The van der Waals surface area contributed by atoms with Crippen molar-refractivity contribution in [2.75, 3.05) is 24.3 Å². The average molecular weight is 678 g/mol. The summed E-state index contributed by atoms with van der Waals surface area (Å²) in [5, 5.41) is 35.0. The first kappa shape index (κ1) is 31.8. The van der Waals surface area contributed by atoms with Gasteiger partial charge in [0, 0.05) is 0 Å². The molecule has 3 unspecified atom stereocenters. The van der Waals surface area contributed by atoms with Crippen LogP contribution in [0.3, 0.4) is 0 Å². The number of aliphatic imine (C=N–C) groups is 1. The van der Waals surface area contributed by atoms with Gasteiger partial charge in [-0.25, -0.2) is 34.1 Å². The lowest BCUT2D eigenvalue weighted by Gasteiger charge is -2.25. The molecular weight excluding hydrogens is 650 g/mol. The van der Waals surface area contributed by atoms with Gasteiger partial charge in [-0.15, -0.1) is 0 Å². The number of aliphatic hydroxyl groups excluding tert-OH is 3. The van der Waals surface area contributed by atoms with Crippen molar-refractivity contribution in [1.82, 2.24) is 29.1 Å². The van der Waals surface area contributed by atoms with Crippen LogP contribution in [0.25, 0.3) is 11.2 Å². The van der Waals surface area contributed by atoms with E-state index in [-0.39, 0.29) is 29.5 Å². The summed E-state index contributed by atoms with van der Waals surface area (Å²) in [4.78, 5) is 49.0. The maximum absolute atomic E-state index is 13.1. The first-order chi connectivity index (χ1) is 21.2. The lowest BCUT2D eigenvalue weighted by molar-refractivity contribution is -0.0617. The third-order valence-corrected chi connectivity index (χ3v) is 8.64. The van der Waals surface area contributed by atoms with E-state index in [9.17, 15) is 29.3 Å². The second-order valence-electron chi connectivity index (χ2n) is 10.1. The second kappa shape index (κ2) is 11.9. The van der Waals surface area contributed by atoms with Gasteiger partial charge >= 0.3 is 15.6 Å². The predicted molar refractivity (Wildman–Crippen MR) is 145 cm³/mol. The fraction of sp³-hybridized carbons (Fsp3) is 0.550. The van der Waals surface area contributed by atoms with Crippen molar-refractivity contribution < 1.29 is 62.2 Å². The second-order valence-corrected chi connectivity index (χ2v) is 12.7. The third kappa shape index (κ3) is 6.31. The highest BCUT2D eigenvalue weighted by Crippen LogP contribution is 2.50. The number of phosphoric acid groups is 2. The van der Waals surface area contributed by atoms with E-state index in [1.54, 1.807) is 0 Å². The summed E-state index contributed by atoms with van der Waals surface area (Å²) in [6.45, 7) is -1.44. The van der Waals surface area contributed by atoms with Gasteiger partial charge in [-0.2, -0.15) is 0 Å². The van der Waals surface area contributed by atoms with E-state index in [2.05, 4.69) is 34.8 Å². The molecule has 246 valence electrons. The van der Waals surface area contributed by atoms with E-state index in [1.807, 2.05) is 0 Å². The van der Waals surface area contributed by atoms with Gasteiger partial charge in [-0.3, -0.25) is 22.7 Å². The molecule has 9 atom stereocenters. The van der Waals surface area contributed by atoms with Crippen LogP contribution in [0.4, 0.5) is 11.6 Å². The summed E-state index contributed by atoms with van der Waals surface area (Å²) in [7, 11) is -10.1. The average Bonchev–Trinajstić information content (AvgIpc) is 3.72. The quantitative estimate of drug-likeness (QED) is 0.0966.